The summed E-state index contributed by atoms with van der Waals surface area (Å²) in [6.07, 6.45) is -1.89. The molecule has 1 aromatic carbocycles. The molecule has 2 N–H and O–H groups in total. The van der Waals surface area contributed by atoms with Crippen molar-refractivity contribution in [3.8, 4) is 6.07 Å². The van der Waals surface area contributed by atoms with Crippen molar-refractivity contribution in [3.05, 3.63) is 35.4 Å². The maximum atomic E-state index is 12.3. The Balaban J connectivity index is 3.10. The van der Waals surface area contributed by atoms with E-state index in [1.165, 1.54) is 24.3 Å². The van der Waals surface area contributed by atoms with Crippen LogP contribution in [0.25, 0.3) is 6.08 Å². The van der Waals surface area contributed by atoms with Crippen molar-refractivity contribution in [2.24, 2.45) is 0 Å². The highest BCUT2D eigenvalue weighted by Gasteiger charge is 2.32. The van der Waals surface area contributed by atoms with Gasteiger partial charge >= 0.3 is 6.18 Å². The summed E-state index contributed by atoms with van der Waals surface area (Å²) < 4.78 is 36.8. The van der Waals surface area contributed by atoms with Crippen molar-refractivity contribution in [2.45, 2.75) is 6.18 Å². The Morgan fingerprint density at radius 1 is 1.33 bits per heavy atom. The summed E-state index contributed by atoms with van der Waals surface area (Å²) in [7, 11) is 0. The fraction of sp³-hybridized carbons (Fsp3) is 0.100. The third-order valence-corrected chi connectivity index (χ3v) is 1.73. The molecule has 1 rings (SSSR count). The van der Waals surface area contributed by atoms with E-state index < -0.39 is 11.7 Å². The van der Waals surface area contributed by atoms with Gasteiger partial charge in [-0.1, -0.05) is 6.07 Å². The molecule has 0 bridgehead atoms. The van der Waals surface area contributed by atoms with E-state index in [0.717, 1.165) is 6.07 Å². The minimum Gasteiger partial charge on any atom is -0.398 e. The summed E-state index contributed by atoms with van der Waals surface area (Å²) in [4.78, 5) is 0. The van der Waals surface area contributed by atoms with Gasteiger partial charge in [-0.15, -0.1) is 0 Å². The minimum atomic E-state index is -4.44. The molecule has 0 spiro atoms. The predicted molar refractivity (Wildman–Crippen MR) is 50.5 cm³/mol. The number of hydrogen-bond acceptors (Lipinski definition) is 2. The van der Waals surface area contributed by atoms with Crippen LogP contribution in [0.2, 0.25) is 0 Å². The van der Waals surface area contributed by atoms with E-state index in [1.807, 2.05) is 0 Å². The Bertz CT molecular complexity index is 427. The van der Waals surface area contributed by atoms with Crippen LogP contribution in [-0.2, 0) is 6.18 Å². The van der Waals surface area contributed by atoms with E-state index in [-0.39, 0.29) is 5.69 Å². The van der Waals surface area contributed by atoms with E-state index in [4.69, 9.17) is 11.0 Å². The van der Waals surface area contributed by atoms with Crippen molar-refractivity contribution in [2.75, 3.05) is 5.73 Å². The maximum absolute atomic E-state index is 12.3. The van der Waals surface area contributed by atoms with Crippen LogP contribution in [-0.4, -0.2) is 0 Å². The molecule has 0 atom stereocenters. The molecule has 2 nitrogen and oxygen atoms in total. The fourth-order valence-corrected chi connectivity index (χ4v) is 1.08. The van der Waals surface area contributed by atoms with Crippen LogP contribution in [0.4, 0.5) is 18.9 Å². The van der Waals surface area contributed by atoms with Gasteiger partial charge in [0, 0.05) is 11.8 Å². The summed E-state index contributed by atoms with van der Waals surface area (Å²) in [5.74, 6) is 0. The van der Waals surface area contributed by atoms with Crippen LogP contribution in [0.15, 0.2) is 24.3 Å². The van der Waals surface area contributed by atoms with Crippen molar-refractivity contribution < 1.29 is 13.2 Å². The lowest BCUT2D eigenvalue weighted by Gasteiger charge is -2.09. The number of nitrogen functional groups attached to an aromatic ring is 1. The molecular weight excluding hydrogens is 205 g/mol. The summed E-state index contributed by atoms with van der Waals surface area (Å²) in [5.41, 5.74) is 4.49. The van der Waals surface area contributed by atoms with E-state index in [0.29, 0.717) is 5.56 Å². The number of alkyl halides is 3. The first-order valence-corrected chi connectivity index (χ1v) is 3.98. The molecule has 0 aliphatic heterocycles. The molecule has 0 saturated carbocycles. The molecule has 15 heavy (non-hydrogen) atoms. The molecule has 78 valence electrons. The molecule has 0 fully saturated rings. The molecule has 0 heterocycles. The molecular formula is C10H7F3N2. The second-order valence-electron chi connectivity index (χ2n) is 2.81. The van der Waals surface area contributed by atoms with Crippen LogP contribution < -0.4 is 5.73 Å². The standard InChI is InChI=1S/C10H7F3N2/c11-10(12,13)8-4-3-7(2-1-5-14)6-9(8)15/h1-4,6H,15H2. The summed E-state index contributed by atoms with van der Waals surface area (Å²) in [6, 6.07) is 5.07. The van der Waals surface area contributed by atoms with Gasteiger partial charge in [-0.2, -0.15) is 18.4 Å². The lowest BCUT2D eigenvalue weighted by molar-refractivity contribution is -0.136. The highest BCUT2D eigenvalue weighted by Crippen LogP contribution is 2.33. The van der Waals surface area contributed by atoms with Gasteiger partial charge in [0.1, 0.15) is 0 Å². The van der Waals surface area contributed by atoms with Gasteiger partial charge in [0.2, 0.25) is 0 Å². The number of halogens is 3. The largest absolute Gasteiger partial charge is 0.418 e. The second-order valence-corrected chi connectivity index (χ2v) is 2.81. The van der Waals surface area contributed by atoms with Crippen LogP contribution in [0.3, 0.4) is 0 Å². The van der Waals surface area contributed by atoms with E-state index >= 15 is 0 Å². The van der Waals surface area contributed by atoms with E-state index in [2.05, 4.69) is 0 Å². The molecule has 0 aliphatic carbocycles. The molecule has 0 amide bonds. The number of allylic oxidation sites excluding steroid dienone is 1. The van der Waals surface area contributed by atoms with Gasteiger partial charge in [0.15, 0.2) is 0 Å². The highest BCUT2D eigenvalue weighted by molar-refractivity contribution is 5.60. The van der Waals surface area contributed by atoms with Crippen molar-refractivity contribution in [1.29, 1.82) is 5.26 Å². The van der Waals surface area contributed by atoms with E-state index in [1.54, 1.807) is 6.07 Å². The van der Waals surface area contributed by atoms with Gasteiger partial charge in [-0.25, -0.2) is 0 Å². The third kappa shape index (κ3) is 2.74. The molecule has 0 aromatic heterocycles. The number of nitriles is 1. The normalized spacial score (nSPS) is 11.6. The van der Waals surface area contributed by atoms with Gasteiger partial charge in [0.25, 0.3) is 0 Å². The summed E-state index contributed by atoms with van der Waals surface area (Å²) >= 11 is 0. The van der Waals surface area contributed by atoms with Crippen LogP contribution in [0.1, 0.15) is 11.1 Å². The predicted octanol–water partition coefficient (Wildman–Crippen LogP) is 2.82. The Labute approximate surface area is 84.4 Å². The molecule has 0 aliphatic rings. The number of rotatable bonds is 1. The summed E-state index contributed by atoms with van der Waals surface area (Å²) in [6.45, 7) is 0. The zero-order valence-electron chi connectivity index (χ0n) is 7.55. The number of benzene rings is 1. The quantitative estimate of drug-likeness (QED) is 0.574. The SMILES string of the molecule is N#CC=Cc1ccc(C(F)(F)F)c(N)c1. The minimum absolute atomic E-state index is 0.345. The fourth-order valence-electron chi connectivity index (χ4n) is 1.08. The first-order chi connectivity index (χ1) is 6.95. The number of nitrogens with two attached hydrogens (primary N) is 1. The van der Waals surface area contributed by atoms with Gasteiger partial charge in [-0.3, -0.25) is 0 Å². The first kappa shape index (κ1) is 11.1. The number of anilines is 1. The third-order valence-electron chi connectivity index (χ3n) is 1.73. The molecule has 0 saturated heterocycles. The van der Waals surface area contributed by atoms with Gasteiger partial charge < -0.3 is 5.73 Å². The van der Waals surface area contributed by atoms with Crippen molar-refractivity contribution in [1.82, 2.24) is 0 Å². The molecule has 0 radical (unpaired) electrons. The monoisotopic (exact) mass is 212 g/mol. The van der Waals surface area contributed by atoms with Crippen molar-refractivity contribution in [3.63, 3.8) is 0 Å². The van der Waals surface area contributed by atoms with Crippen LogP contribution in [0.5, 0.6) is 0 Å². The van der Waals surface area contributed by atoms with Crippen LogP contribution >= 0.6 is 0 Å². The number of nitrogens with zero attached hydrogens (tertiary/aromatic N) is 1. The Hall–Kier alpha value is -1.96. The average Bonchev–Trinajstić information content (AvgIpc) is 2.12. The zero-order chi connectivity index (χ0) is 11.5. The van der Waals surface area contributed by atoms with E-state index in [9.17, 15) is 13.2 Å². The summed E-state index contributed by atoms with van der Waals surface area (Å²) in [5, 5.41) is 8.23. The first-order valence-electron chi connectivity index (χ1n) is 3.98. The molecule has 5 heteroatoms. The van der Waals surface area contributed by atoms with Gasteiger partial charge in [0.05, 0.1) is 11.6 Å². The maximum Gasteiger partial charge on any atom is 0.418 e. The molecule has 1 aromatic rings. The topological polar surface area (TPSA) is 49.8 Å². The smallest absolute Gasteiger partial charge is 0.398 e. The van der Waals surface area contributed by atoms with Crippen LogP contribution in [0, 0.1) is 11.3 Å². The Morgan fingerprint density at radius 2 is 2.00 bits per heavy atom. The average molecular weight is 212 g/mol. The Kier molecular flexibility index (Phi) is 3.00. The second kappa shape index (κ2) is 4.05. The van der Waals surface area contributed by atoms with Gasteiger partial charge in [-0.05, 0) is 23.8 Å². The zero-order valence-corrected chi connectivity index (χ0v) is 7.55. The highest BCUT2D eigenvalue weighted by atomic mass is 19.4. The van der Waals surface area contributed by atoms with Crippen molar-refractivity contribution >= 4 is 11.8 Å². The number of hydrogen-bond donors (Lipinski definition) is 1. The lowest BCUT2D eigenvalue weighted by Crippen LogP contribution is -2.08. The Morgan fingerprint density at radius 3 is 2.47 bits per heavy atom. The lowest BCUT2D eigenvalue weighted by atomic mass is 10.1. The molecule has 0 unspecified atom stereocenters.